The van der Waals surface area contributed by atoms with Gasteiger partial charge in [0.1, 0.15) is 6.61 Å². The van der Waals surface area contributed by atoms with Gasteiger partial charge in [-0.05, 0) is 81.0 Å². The fourth-order valence-corrected chi connectivity index (χ4v) is 8.55. The number of hydrogen-bond acceptors (Lipinski definition) is 4. The van der Waals surface area contributed by atoms with Crippen LogP contribution in [-0.4, -0.2) is 29.4 Å². The van der Waals surface area contributed by atoms with E-state index in [1.807, 2.05) is 6.92 Å². The van der Waals surface area contributed by atoms with E-state index in [0.717, 1.165) is 57.8 Å². The van der Waals surface area contributed by atoms with Crippen LogP contribution in [0.2, 0.25) is 0 Å². The Balaban J connectivity index is 1.52. The van der Waals surface area contributed by atoms with E-state index in [1.54, 1.807) is 0 Å². The standard InChI is InChI=1S/C21H30O5/c1-18-7-3-8-19(2,16(22)23)14(18)6-9-20-10-13(4-5-15(18)20)21(11-20)12-25-17(24)26-21/h13-15H,3-12H2,1-2H3,(H,22,23)/t13-,14+,15+,18-,19-,20+,21-/m1/s1. The summed E-state index contributed by atoms with van der Waals surface area (Å²) in [5.74, 6) is 0.605. The van der Waals surface area contributed by atoms with Crippen LogP contribution in [0.15, 0.2) is 0 Å². The number of aliphatic carboxylic acids is 1. The van der Waals surface area contributed by atoms with Crippen molar-refractivity contribution in [1.29, 1.82) is 0 Å². The monoisotopic (exact) mass is 362 g/mol. The minimum absolute atomic E-state index is 0.0869. The second-order valence-corrected chi connectivity index (χ2v) is 10.4. The maximum atomic E-state index is 12.2. The van der Waals surface area contributed by atoms with E-state index in [0.29, 0.717) is 18.4 Å². The van der Waals surface area contributed by atoms with Gasteiger partial charge in [-0.15, -0.1) is 0 Å². The van der Waals surface area contributed by atoms with E-state index in [9.17, 15) is 14.7 Å². The summed E-state index contributed by atoms with van der Waals surface area (Å²) in [5, 5.41) is 10.00. The SMILES string of the molecule is C[C@@]12CCC[C@@](C)(C(=O)O)[C@H]1CC[C@@]13C[C@@H](CC[C@H]12)[C@]1(COC(=O)O1)C3. The highest BCUT2D eigenvalue weighted by Gasteiger charge is 2.70. The number of carboxylic acids is 1. The number of cyclic esters (lactones) is 1. The Hall–Kier alpha value is -1.26. The van der Waals surface area contributed by atoms with Crippen molar-refractivity contribution in [2.24, 2.45) is 34.0 Å². The first-order valence-electron chi connectivity index (χ1n) is 10.3. The van der Waals surface area contributed by atoms with Gasteiger partial charge in [0, 0.05) is 5.92 Å². The molecule has 26 heavy (non-hydrogen) atoms. The fourth-order valence-electron chi connectivity index (χ4n) is 8.55. The largest absolute Gasteiger partial charge is 0.509 e. The van der Waals surface area contributed by atoms with Crippen LogP contribution in [0.3, 0.4) is 0 Å². The molecule has 0 aromatic rings. The molecule has 4 saturated carbocycles. The van der Waals surface area contributed by atoms with Gasteiger partial charge in [0.25, 0.3) is 0 Å². The highest BCUT2D eigenvalue weighted by Crippen LogP contribution is 2.73. The van der Waals surface area contributed by atoms with E-state index in [1.165, 1.54) is 0 Å². The Morgan fingerprint density at radius 1 is 1.12 bits per heavy atom. The Labute approximate surface area is 154 Å². The molecule has 1 aliphatic heterocycles. The quantitative estimate of drug-likeness (QED) is 0.700. The van der Waals surface area contributed by atoms with Crippen LogP contribution in [0.4, 0.5) is 4.79 Å². The third-order valence-electron chi connectivity index (χ3n) is 9.50. The summed E-state index contributed by atoms with van der Waals surface area (Å²) in [5.41, 5.74) is -0.701. The zero-order valence-corrected chi connectivity index (χ0v) is 15.9. The summed E-state index contributed by atoms with van der Waals surface area (Å²) < 4.78 is 11.0. The summed E-state index contributed by atoms with van der Waals surface area (Å²) in [6.07, 6.45) is 8.80. The Morgan fingerprint density at radius 3 is 2.62 bits per heavy atom. The molecule has 0 aromatic carbocycles. The van der Waals surface area contributed by atoms with Gasteiger partial charge in [0.05, 0.1) is 5.41 Å². The molecular formula is C21H30O5. The summed E-state index contributed by atoms with van der Waals surface area (Å²) in [4.78, 5) is 23.8. The third-order valence-corrected chi connectivity index (χ3v) is 9.50. The van der Waals surface area contributed by atoms with Crippen LogP contribution < -0.4 is 0 Å². The first-order valence-corrected chi connectivity index (χ1v) is 10.3. The van der Waals surface area contributed by atoms with Crippen molar-refractivity contribution in [3.05, 3.63) is 0 Å². The topological polar surface area (TPSA) is 72.8 Å². The van der Waals surface area contributed by atoms with Crippen molar-refractivity contribution in [3.63, 3.8) is 0 Å². The molecule has 1 N–H and O–H groups in total. The normalized spacial score (nSPS) is 55.0. The number of hydrogen-bond donors (Lipinski definition) is 1. The van der Waals surface area contributed by atoms with Crippen molar-refractivity contribution in [2.75, 3.05) is 6.61 Å². The summed E-state index contributed by atoms with van der Waals surface area (Å²) in [6, 6.07) is 0. The Morgan fingerprint density at radius 2 is 1.92 bits per heavy atom. The van der Waals surface area contributed by atoms with E-state index < -0.39 is 23.1 Å². The van der Waals surface area contributed by atoms with Crippen LogP contribution in [0.1, 0.15) is 71.6 Å². The Bertz CT molecular complexity index is 675. The predicted molar refractivity (Wildman–Crippen MR) is 93.5 cm³/mol. The molecule has 0 amide bonds. The van der Waals surface area contributed by atoms with E-state index in [4.69, 9.17) is 9.47 Å². The molecule has 5 rings (SSSR count). The van der Waals surface area contributed by atoms with Crippen LogP contribution in [0.5, 0.6) is 0 Å². The third kappa shape index (κ3) is 1.87. The highest BCUT2D eigenvalue weighted by molar-refractivity contribution is 5.75. The number of carbonyl (C=O) groups is 2. The molecule has 5 aliphatic rings. The highest BCUT2D eigenvalue weighted by atomic mass is 16.8. The molecule has 144 valence electrons. The number of carboxylic acid groups (broad SMARTS) is 1. The van der Waals surface area contributed by atoms with Crippen molar-refractivity contribution in [2.45, 2.75) is 77.2 Å². The van der Waals surface area contributed by atoms with Gasteiger partial charge in [0.15, 0.2) is 5.60 Å². The lowest BCUT2D eigenvalue weighted by atomic mass is 9.41. The fraction of sp³-hybridized carbons (Fsp3) is 0.905. The molecule has 1 saturated heterocycles. The molecule has 1 heterocycles. The molecule has 5 fully saturated rings. The minimum Gasteiger partial charge on any atom is -0.481 e. The molecular weight excluding hydrogens is 332 g/mol. The minimum atomic E-state index is -0.612. The van der Waals surface area contributed by atoms with Crippen molar-refractivity contribution in [1.82, 2.24) is 0 Å². The molecule has 4 aliphatic carbocycles. The summed E-state index contributed by atoms with van der Waals surface area (Å²) in [6.45, 7) is 4.79. The average Bonchev–Trinajstić information content (AvgIpc) is 3.04. The number of ether oxygens (including phenoxy) is 2. The van der Waals surface area contributed by atoms with Gasteiger partial charge in [0.2, 0.25) is 0 Å². The molecule has 5 nitrogen and oxygen atoms in total. The second kappa shape index (κ2) is 4.96. The second-order valence-electron chi connectivity index (χ2n) is 10.4. The average molecular weight is 362 g/mol. The smallest absolute Gasteiger partial charge is 0.481 e. The lowest BCUT2D eigenvalue weighted by Crippen LogP contribution is -2.58. The zero-order chi connectivity index (χ0) is 18.4. The van der Waals surface area contributed by atoms with E-state index >= 15 is 0 Å². The molecule has 2 spiro atoms. The molecule has 2 bridgehead atoms. The van der Waals surface area contributed by atoms with Gasteiger partial charge >= 0.3 is 12.1 Å². The van der Waals surface area contributed by atoms with E-state index in [2.05, 4.69) is 6.92 Å². The Kier molecular flexibility index (Phi) is 3.22. The van der Waals surface area contributed by atoms with Crippen LogP contribution in [0.25, 0.3) is 0 Å². The summed E-state index contributed by atoms with van der Waals surface area (Å²) in [7, 11) is 0. The predicted octanol–water partition coefficient (Wildman–Crippen LogP) is 4.39. The van der Waals surface area contributed by atoms with Crippen LogP contribution in [0, 0.1) is 34.0 Å². The molecule has 0 radical (unpaired) electrons. The molecule has 0 unspecified atom stereocenters. The van der Waals surface area contributed by atoms with Gasteiger partial charge in [-0.3, -0.25) is 4.79 Å². The van der Waals surface area contributed by atoms with Crippen LogP contribution >= 0.6 is 0 Å². The molecule has 5 heteroatoms. The van der Waals surface area contributed by atoms with Crippen molar-refractivity contribution >= 4 is 12.1 Å². The van der Waals surface area contributed by atoms with Crippen LogP contribution in [-0.2, 0) is 14.3 Å². The number of carbonyl (C=O) groups excluding carboxylic acids is 1. The summed E-state index contributed by atoms with van der Waals surface area (Å²) >= 11 is 0. The van der Waals surface area contributed by atoms with Crippen molar-refractivity contribution < 1.29 is 24.2 Å². The first-order chi connectivity index (χ1) is 12.2. The number of fused-ring (bicyclic) bond motifs is 4. The lowest BCUT2D eigenvalue weighted by molar-refractivity contribution is -0.181. The van der Waals surface area contributed by atoms with Gasteiger partial charge in [-0.25, -0.2) is 4.79 Å². The molecule has 7 atom stereocenters. The zero-order valence-electron chi connectivity index (χ0n) is 15.9. The maximum Gasteiger partial charge on any atom is 0.509 e. The van der Waals surface area contributed by atoms with Crippen molar-refractivity contribution in [3.8, 4) is 0 Å². The van der Waals surface area contributed by atoms with E-state index in [-0.39, 0.29) is 16.7 Å². The number of rotatable bonds is 1. The van der Waals surface area contributed by atoms with Gasteiger partial charge < -0.3 is 14.6 Å². The first kappa shape index (κ1) is 16.9. The van der Waals surface area contributed by atoms with Gasteiger partial charge in [-0.2, -0.15) is 0 Å². The maximum absolute atomic E-state index is 12.2. The molecule has 0 aromatic heterocycles. The lowest BCUT2D eigenvalue weighted by Gasteiger charge is -2.63. The van der Waals surface area contributed by atoms with Gasteiger partial charge in [-0.1, -0.05) is 13.3 Å².